The molecule has 4 unspecified atom stereocenters. The van der Waals surface area contributed by atoms with Gasteiger partial charge in [-0.05, 0) is 110 Å². The molecule has 4 atom stereocenters. The number of amides is 2. The lowest BCUT2D eigenvalue weighted by Crippen LogP contribution is -2.58. The second-order valence-corrected chi connectivity index (χ2v) is 19.1. The number of aliphatic hydroxyl groups is 1. The summed E-state index contributed by atoms with van der Waals surface area (Å²) in [6, 6.07) is 16.8. The number of benzene rings is 3. The Morgan fingerprint density at radius 3 is 2.36 bits per heavy atom. The van der Waals surface area contributed by atoms with Gasteiger partial charge >= 0.3 is 12.1 Å². The summed E-state index contributed by atoms with van der Waals surface area (Å²) in [6.07, 6.45) is 0.0775. The van der Waals surface area contributed by atoms with Crippen molar-refractivity contribution >= 4 is 46.4 Å². The number of nitrogens with one attached hydrogen (secondary N) is 2. The molecule has 18 heteroatoms. The second-order valence-electron chi connectivity index (χ2n) is 19.1. The number of anilines is 3. The number of aliphatic hydroxyl groups excluding tert-OH is 1. The van der Waals surface area contributed by atoms with E-state index in [-0.39, 0.29) is 78.3 Å². The molecule has 10 rings (SSSR count). The van der Waals surface area contributed by atoms with Gasteiger partial charge in [0.2, 0.25) is 17.9 Å². The molecule has 0 bridgehead atoms. The van der Waals surface area contributed by atoms with Gasteiger partial charge < -0.3 is 54.5 Å². The van der Waals surface area contributed by atoms with Crippen molar-refractivity contribution in [2.45, 2.75) is 103 Å². The lowest BCUT2D eigenvalue weighted by Gasteiger charge is -2.43. The number of piperazine rings is 1. The minimum atomic E-state index is -1.86. The van der Waals surface area contributed by atoms with E-state index in [1.807, 2.05) is 69.0 Å². The number of allylic oxidation sites excluding steroid dienone is 1. The number of phenolic OH excluding ortho intramolecular Hbond substituents is 3. The van der Waals surface area contributed by atoms with Gasteiger partial charge in [-0.3, -0.25) is 19.9 Å². The summed E-state index contributed by atoms with van der Waals surface area (Å²) in [5.41, 5.74) is 8.08. The molecule has 69 heavy (non-hydrogen) atoms. The van der Waals surface area contributed by atoms with E-state index in [0.29, 0.717) is 79.3 Å². The molecule has 4 aromatic rings. The minimum Gasteiger partial charge on any atom is -0.508 e. The monoisotopic (exact) mass is 942 g/mol. The molecule has 0 aliphatic carbocycles. The van der Waals surface area contributed by atoms with Crippen molar-refractivity contribution in [1.29, 1.82) is 0 Å². The van der Waals surface area contributed by atoms with Crippen molar-refractivity contribution in [2.24, 2.45) is 11.0 Å². The Morgan fingerprint density at radius 1 is 0.928 bits per heavy atom. The summed E-state index contributed by atoms with van der Waals surface area (Å²) in [4.78, 5) is 63.5. The standard InChI is InChI=1S/C51H58N8O10/c1-6-33-35-20-32(60)12-13-40(35)52-44-37(33)25-58-41(44)22-39-38(47(58)64)26-68-48(65)51(39,7-2)69-50(67)57-19-18-56(24-28(57)5)46(63)29-14-16-55(17-15-29)30-8-10-31(11-9-30)59-45(53-54-49(59)66)36-21-34(27(3)4)42(61)23-43(36)62/h8-13,20-23,27-29,44,49,52,54,60-62,66H,6-7,14-19,24-26H2,1-5H3. The highest BCUT2D eigenvalue weighted by Gasteiger charge is 2.52. The fraction of sp³-hybridized carbons (Fsp3) is 0.431. The fourth-order valence-corrected chi connectivity index (χ4v) is 11.1. The van der Waals surface area contributed by atoms with Crippen molar-refractivity contribution < 1.29 is 44.3 Å². The first-order valence-electron chi connectivity index (χ1n) is 23.9. The zero-order valence-corrected chi connectivity index (χ0v) is 39.4. The number of hydrazone groups is 1. The van der Waals surface area contributed by atoms with Crippen LogP contribution in [-0.2, 0) is 37.8 Å². The predicted molar refractivity (Wildman–Crippen MR) is 257 cm³/mol. The van der Waals surface area contributed by atoms with Gasteiger partial charge in [-0.25, -0.2) is 9.59 Å². The van der Waals surface area contributed by atoms with Crippen LogP contribution >= 0.6 is 0 Å². The highest BCUT2D eigenvalue weighted by molar-refractivity contribution is 6.13. The third-order valence-corrected chi connectivity index (χ3v) is 14.9. The van der Waals surface area contributed by atoms with Gasteiger partial charge in [0.1, 0.15) is 23.9 Å². The summed E-state index contributed by atoms with van der Waals surface area (Å²) in [6.45, 7) is 11.6. The molecular weight excluding hydrogens is 885 g/mol. The molecule has 2 saturated heterocycles. The van der Waals surface area contributed by atoms with E-state index in [2.05, 4.69) is 20.7 Å². The van der Waals surface area contributed by atoms with Crippen LogP contribution in [0.1, 0.15) is 106 Å². The van der Waals surface area contributed by atoms with Crippen molar-refractivity contribution in [3.05, 3.63) is 110 Å². The van der Waals surface area contributed by atoms with Gasteiger partial charge in [-0.1, -0.05) is 27.7 Å². The van der Waals surface area contributed by atoms with Crippen LogP contribution in [0.5, 0.6) is 17.2 Å². The van der Waals surface area contributed by atoms with Gasteiger partial charge in [0.15, 0.2) is 5.84 Å². The number of ether oxygens (including phenoxy) is 2. The van der Waals surface area contributed by atoms with Crippen molar-refractivity contribution in [1.82, 2.24) is 19.8 Å². The van der Waals surface area contributed by atoms with Gasteiger partial charge in [0.25, 0.3) is 5.56 Å². The maximum atomic E-state index is 14.3. The van der Waals surface area contributed by atoms with Crippen molar-refractivity contribution in [3.63, 3.8) is 0 Å². The average molecular weight is 943 g/mol. The summed E-state index contributed by atoms with van der Waals surface area (Å²) in [7, 11) is 0. The van der Waals surface area contributed by atoms with Crippen LogP contribution < -0.4 is 26.1 Å². The van der Waals surface area contributed by atoms with Crippen LogP contribution in [0.3, 0.4) is 0 Å². The number of aromatic nitrogens is 1. The zero-order valence-electron chi connectivity index (χ0n) is 39.4. The number of amidine groups is 1. The number of cyclic esters (lactones) is 1. The smallest absolute Gasteiger partial charge is 0.411 e. The van der Waals surface area contributed by atoms with Crippen LogP contribution in [0, 0.1) is 5.92 Å². The molecule has 3 aromatic carbocycles. The predicted octanol–water partition coefficient (Wildman–Crippen LogP) is 5.73. The Labute approximate surface area is 399 Å². The molecule has 6 aliphatic heterocycles. The number of piperidine rings is 1. The SMILES string of the molecule is CCC1=C2Cn3c(cc4c(c3=O)COC(=O)C4(CC)OC(=O)N3CCN(C(=O)C4CCN(c5ccc(N6C(c7cc(C(C)C)c(O)cc7O)=NNC6O)cc5)CC4)CC3C)C2Nc2ccc(O)cc21. The summed E-state index contributed by atoms with van der Waals surface area (Å²) < 4.78 is 13.6. The van der Waals surface area contributed by atoms with E-state index in [0.717, 1.165) is 28.1 Å². The first-order chi connectivity index (χ1) is 33.1. The number of pyridine rings is 1. The molecule has 2 fully saturated rings. The van der Waals surface area contributed by atoms with E-state index in [1.165, 1.54) is 6.07 Å². The molecule has 7 heterocycles. The quantitative estimate of drug-likeness (QED) is 0.0919. The van der Waals surface area contributed by atoms with Crippen molar-refractivity contribution in [3.8, 4) is 17.2 Å². The first kappa shape index (κ1) is 45.6. The van der Waals surface area contributed by atoms with Gasteiger partial charge in [-0.15, -0.1) is 0 Å². The molecule has 2 amide bonds. The lowest BCUT2D eigenvalue weighted by atomic mass is 9.84. The molecule has 6 aliphatic rings. The number of carbonyl (C=O) groups excluding carboxylic acids is 3. The normalized spacial score (nSPS) is 23.1. The Kier molecular flexibility index (Phi) is 11.5. The van der Waals surface area contributed by atoms with E-state index in [1.54, 1.807) is 39.5 Å². The zero-order chi connectivity index (χ0) is 48.6. The molecular formula is C51H58N8O10. The number of nitrogens with zero attached hydrogens (tertiary/aromatic N) is 6. The third kappa shape index (κ3) is 7.55. The summed E-state index contributed by atoms with van der Waals surface area (Å²) >= 11 is 0. The first-order valence-corrected chi connectivity index (χ1v) is 23.9. The Hall–Kier alpha value is -7.21. The number of esters is 1. The van der Waals surface area contributed by atoms with E-state index >= 15 is 0 Å². The number of rotatable bonds is 8. The highest BCUT2D eigenvalue weighted by Crippen LogP contribution is 2.48. The minimum absolute atomic E-state index is 0.0141. The summed E-state index contributed by atoms with van der Waals surface area (Å²) in [5.74, 6) is -0.647. The molecule has 1 aromatic heterocycles. The third-order valence-electron chi connectivity index (χ3n) is 14.9. The van der Waals surface area contributed by atoms with Crippen LogP contribution in [-0.4, -0.2) is 104 Å². The number of carbonyl (C=O) groups is 3. The molecule has 0 saturated carbocycles. The van der Waals surface area contributed by atoms with Gasteiger partial charge in [0, 0.05) is 91.2 Å². The summed E-state index contributed by atoms with van der Waals surface area (Å²) in [5, 5.41) is 50.1. The number of hydrogen-bond donors (Lipinski definition) is 6. The van der Waals surface area contributed by atoms with Gasteiger partial charge in [-0.2, -0.15) is 5.10 Å². The van der Waals surface area contributed by atoms with Crippen LogP contribution in [0.4, 0.5) is 21.9 Å². The number of fused-ring (bicyclic) bond motifs is 5. The molecule has 362 valence electrons. The number of hydrogen-bond acceptors (Lipinski definition) is 15. The maximum Gasteiger partial charge on any atom is 0.411 e. The number of aromatic hydroxyl groups is 3. The van der Waals surface area contributed by atoms with Gasteiger partial charge in [0.05, 0.1) is 17.2 Å². The van der Waals surface area contributed by atoms with Crippen molar-refractivity contribution in [2.75, 3.05) is 47.8 Å². The molecule has 18 nitrogen and oxygen atoms in total. The largest absolute Gasteiger partial charge is 0.508 e. The Morgan fingerprint density at radius 2 is 1.67 bits per heavy atom. The number of phenols is 3. The van der Waals surface area contributed by atoms with Crippen LogP contribution in [0.2, 0.25) is 0 Å². The average Bonchev–Trinajstić information content (AvgIpc) is 3.91. The highest BCUT2D eigenvalue weighted by atomic mass is 16.6. The molecule has 6 N–H and O–H groups in total. The van der Waals surface area contributed by atoms with Crippen LogP contribution in [0.25, 0.3) is 5.57 Å². The fourth-order valence-electron chi connectivity index (χ4n) is 11.1. The topological polar surface area (TPSA) is 222 Å². The van der Waals surface area contributed by atoms with E-state index in [9.17, 15) is 39.6 Å². The lowest BCUT2D eigenvalue weighted by molar-refractivity contribution is -0.174. The van der Waals surface area contributed by atoms with E-state index < -0.39 is 30.1 Å². The maximum absolute atomic E-state index is 14.3. The van der Waals surface area contributed by atoms with Crippen LogP contribution in [0.15, 0.2) is 76.1 Å². The van der Waals surface area contributed by atoms with E-state index in [4.69, 9.17) is 9.47 Å². The second kappa shape index (κ2) is 17.4. The Balaban J connectivity index is 0.782. The molecule has 0 radical (unpaired) electrons. The molecule has 0 spiro atoms. The Bertz CT molecular complexity index is 2890.